The molecular formula is C22H38O2. The fraction of sp³-hybridized carbons (Fsp3) is 0.727. The molecule has 0 unspecified atom stereocenters. The first-order valence-electron chi connectivity index (χ1n) is 10.1. The molecule has 0 saturated carbocycles. The highest BCUT2D eigenvalue weighted by molar-refractivity contribution is 5.13. The van der Waals surface area contributed by atoms with Crippen molar-refractivity contribution in [1.82, 2.24) is 0 Å². The second-order valence-electron chi connectivity index (χ2n) is 6.98. The number of aliphatic hydroxyl groups excluding tert-OH is 1. The largest absolute Gasteiger partial charge is 0.391 e. The standard InChI is InChI=1S/C22H38O2/c1-2-3-4-5-6-7-8-9-10-11-15-18-22(23)20-24-19-21-16-13-12-14-17-21/h12-14,16-17,22-23H,2-11,15,18-20H2,1H3/t22-/m1/s1. The van der Waals surface area contributed by atoms with Gasteiger partial charge in [-0.3, -0.25) is 0 Å². The van der Waals surface area contributed by atoms with E-state index in [-0.39, 0.29) is 6.10 Å². The Morgan fingerprint density at radius 1 is 0.792 bits per heavy atom. The Labute approximate surface area is 149 Å². The first-order chi connectivity index (χ1) is 11.8. The van der Waals surface area contributed by atoms with Crippen molar-refractivity contribution in [2.24, 2.45) is 0 Å². The van der Waals surface area contributed by atoms with Crippen molar-refractivity contribution in [3.8, 4) is 0 Å². The van der Waals surface area contributed by atoms with E-state index in [0.29, 0.717) is 13.2 Å². The third-order valence-electron chi connectivity index (χ3n) is 4.56. The summed E-state index contributed by atoms with van der Waals surface area (Å²) < 4.78 is 5.58. The minimum absolute atomic E-state index is 0.313. The molecular weight excluding hydrogens is 296 g/mol. The molecule has 0 fully saturated rings. The van der Waals surface area contributed by atoms with Gasteiger partial charge in [0.25, 0.3) is 0 Å². The Bertz CT molecular complexity index is 363. The number of ether oxygens (including phenoxy) is 1. The summed E-state index contributed by atoms with van der Waals surface area (Å²) in [7, 11) is 0. The van der Waals surface area contributed by atoms with E-state index >= 15 is 0 Å². The molecule has 1 aromatic rings. The van der Waals surface area contributed by atoms with Crippen molar-refractivity contribution in [3.63, 3.8) is 0 Å². The zero-order valence-electron chi connectivity index (χ0n) is 15.7. The van der Waals surface area contributed by atoms with Crippen molar-refractivity contribution >= 4 is 0 Å². The van der Waals surface area contributed by atoms with Crippen LogP contribution in [0.25, 0.3) is 0 Å². The minimum Gasteiger partial charge on any atom is -0.391 e. The predicted octanol–water partition coefficient (Wildman–Crippen LogP) is 6.27. The van der Waals surface area contributed by atoms with Gasteiger partial charge in [-0.2, -0.15) is 0 Å². The van der Waals surface area contributed by atoms with Gasteiger partial charge in [0.2, 0.25) is 0 Å². The van der Waals surface area contributed by atoms with Gasteiger partial charge in [0, 0.05) is 0 Å². The third-order valence-corrected chi connectivity index (χ3v) is 4.56. The average molecular weight is 335 g/mol. The van der Waals surface area contributed by atoms with Crippen molar-refractivity contribution in [2.45, 2.75) is 96.7 Å². The molecule has 0 amide bonds. The monoisotopic (exact) mass is 334 g/mol. The number of unbranched alkanes of at least 4 members (excludes halogenated alkanes) is 10. The summed E-state index contributed by atoms with van der Waals surface area (Å²) in [6.07, 6.45) is 15.4. The smallest absolute Gasteiger partial charge is 0.0773 e. The second-order valence-corrected chi connectivity index (χ2v) is 6.98. The molecule has 0 aliphatic rings. The molecule has 2 nitrogen and oxygen atoms in total. The molecule has 0 aliphatic carbocycles. The zero-order chi connectivity index (χ0) is 17.3. The molecule has 0 heterocycles. The molecule has 0 bridgehead atoms. The van der Waals surface area contributed by atoms with Gasteiger partial charge in [-0.25, -0.2) is 0 Å². The number of aliphatic hydroxyl groups is 1. The van der Waals surface area contributed by atoms with Crippen LogP contribution in [0.5, 0.6) is 0 Å². The minimum atomic E-state index is -0.313. The molecule has 0 aliphatic heterocycles. The van der Waals surface area contributed by atoms with Crippen LogP contribution >= 0.6 is 0 Å². The summed E-state index contributed by atoms with van der Waals surface area (Å²) >= 11 is 0. The van der Waals surface area contributed by atoms with E-state index in [1.54, 1.807) is 0 Å². The fourth-order valence-electron chi connectivity index (χ4n) is 3.01. The van der Waals surface area contributed by atoms with E-state index in [2.05, 4.69) is 19.1 Å². The molecule has 24 heavy (non-hydrogen) atoms. The lowest BCUT2D eigenvalue weighted by atomic mass is 10.0. The van der Waals surface area contributed by atoms with Crippen LogP contribution in [0, 0.1) is 0 Å². The highest BCUT2D eigenvalue weighted by atomic mass is 16.5. The van der Waals surface area contributed by atoms with Gasteiger partial charge >= 0.3 is 0 Å². The van der Waals surface area contributed by atoms with Gasteiger partial charge in [0.15, 0.2) is 0 Å². The molecule has 0 radical (unpaired) electrons. The van der Waals surface area contributed by atoms with E-state index in [1.165, 1.54) is 69.8 Å². The van der Waals surface area contributed by atoms with Gasteiger partial charge in [0.1, 0.15) is 0 Å². The topological polar surface area (TPSA) is 29.5 Å². The Morgan fingerprint density at radius 2 is 1.33 bits per heavy atom. The maximum atomic E-state index is 9.95. The maximum absolute atomic E-state index is 9.95. The summed E-state index contributed by atoms with van der Waals surface area (Å²) in [5.74, 6) is 0. The molecule has 1 atom stereocenters. The van der Waals surface area contributed by atoms with E-state index < -0.39 is 0 Å². The van der Waals surface area contributed by atoms with E-state index in [4.69, 9.17) is 4.74 Å². The first kappa shape index (κ1) is 21.2. The van der Waals surface area contributed by atoms with Gasteiger partial charge in [-0.05, 0) is 12.0 Å². The zero-order valence-corrected chi connectivity index (χ0v) is 15.7. The lowest BCUT2D eigenvalue weighted by Gasteiger charge is -2.11. The van der Waals surface area contributed by atoms with Crippen LogP contribution in [-0.4, -0.2) is 17.8 Å². The van der Waals surface area contributed by atoms with Crippen LogP contribution in [0.15, 0.2) is 30.3 Å². The third kappa shape index (κ3) is 12.5. The number of benzene rings is 1. The van der Waals surface area contributed by atoms with Crippen LogP contribution in [0.2, 0.25) is 0 Å². The quantitative estimate of drug-likeness (QED) is 0.361. The van der Waals surface area contributed by atoms with Gasteiger partial charge < -0.3 is 9.84 Å². The fourth-order valence-corrected chi connectivity index (χ4v) is 3.01. The van der Waals surface area contributed by atoms with Crippen LogP contribution in [-0.2, 0) is 11.3 Å². The Morgan fingerprint density at radius 3 is 1.92 bits per heavy atom. The molecule has 1 rings (SSSR count). The van der Waals surface area contributed by atoms with Crippen LogP contribution in [0.1, 0.15) is 89.5 Å². The summed E-state index contributed by atoms with van der Waals surface area (Å²) in [6, 6.07) is 10.1. The molecule has 0 aromatic heterocycles. The van der Waals surface area contributed by atoms with Crippen molar-refractivity contribution < 1.29 is 9.84 Å². The Balaban J connectivity index is 1.82. The van der Waals surface area contributed by atoms with Crippen molar-refractivity contribution in [1.29, 1.82) is 0 Å². The SMILES string of the molecule is CCCCCCCCCCCCC[C@@H](O)COCc1ccccc1. The highest BCUT2D eigenvalue weighted by Crippen LogP contribution is 2.12. The molecule has 0 saturated heterocycles. The van der Waals surface area contributed by atoms with Crippen LogP contribution in [0.3, 0.4) is 0 Å². The second kappa shape index (κ2) is 15.7. The van der Waals surface area contributed by atoms with E-state index in [9.17, 15) is 5.11 Å². The summed E-state index contributed by atoms with van der Waals surface area (Å²) in [5, 5.41) is 9.95. The van der Waals surface area contributed by atoms with E-state index in [0.717, 1.165) is 12.8 Å². The summed E-state index contributed by atoms with van der Waals surface area (Å²) in [4.78, 5) is 0. The molecule has 1 aromatic carbocycles. The summed E-state index contributed by atoms with van der Waals surface area (Å²) in [5.41, 5.74) is 1.17. The van der Waals surface area contributed by atoms with E-state index in [1.807, 2.05) is 18.2 Å². The molecule has 0 spiro atoms. The maximum Gasteiger partial charge on any atom is 0.0773 e. The predicted molar refractivity (Wildman–Crippen MR) is 103 cm³/mol. The van der Waals surface area contributed by atoms with Crippen molar-refractivity contribution in [3.05, 3.63) is 35.9 Å². The number of hydrogen-bond acceptors (Lipinski definition) is 2. The lowest BCUT2D eigenvalue weighted by molar-refractivity contribution is 0.0233. The van der Waals surface area contributed by atoms with Gasteiger partial charge in [-0.15, -0.1) is 0 Å². The van der Waals surface area contributed by atoms with Gasteiger partial charge in [-0.1, -0.05) is 108 Å². The number of hydrogen-bond donors (Lipinski definition) is 1. The number of rotatable bonds is 16. The van der Waals surface area contributed by atoms with Gasteiger partial charge in [0.05, 0.1) is 19.3 Å². The average Bonchev–Trinajstić information content (AvgIpc) is 2.60. The lowest BCUT2D eigenvalue weighted by Crippen LogP contribution is -2.15. The van der Waals surface area contributed by atoms with Crippen molar-refractivity contribution in [2.75, 3.05) is 6.61 Å². The summed E-state index contributed by atoms with van der Waals surface area (Å²) in [6.45, 7) is 3.31. The highest BCUT2D eigenvalue weighted by Gasteiger charge is 2.04. The van der Waals surface area contributed by atoms with Crippen LogP contribution in [0.4, 0.5) is 0 Å². The molecule has 2 heteroatoms. The van der Waals surface area contributed by atoms with Crippen LogP contribution < -0.4 is 0 Å². The molecule has 1 N–H and O–H groups in total. The Hall–Kier alpha value is -0.860. The first-order valence-corrected chi connectivity index (χ1v) is 10.1. The normalized spacial score (nSPS) is 12.4. The Kier molecular flexibility index (Phi) is 13.8. The molecule has 138 valence electrons.